The summed E-state index contributed by atoms with van der Waals surface area (Å²) in [7, 11) is -7.65. The summed E-state index contributed by atoms with van der Waals surface area (Å²) < 4.78 is 49.7. The Kier molecular flexibility index (Phi) is 5.28. The number of halogens is 1. The molecule has 0 unspecified atom stereocenters. The maximum Gasteiger partial charge on any atom is 0.255 e. The summed E-state index contributed by atoms with van der Waals surface area (Å²) >= 11 is 5.99. The van der Waals surface area contributed by atoms with Crippen LogP contribution in [0.25, 0.3) is 0 Å². The van der Waals surface area contributed by atoms with Gasteiger partial charge < -0.3 is 5.32 Å². The van der Waals surface area contributed by atoms with Gasteiger partial charge in [0, 0.05) is 17.3 Å². The first-order valence-corrected chi connectivity index (χ1v) is 11.2. The van der Waals surface area contributed by atoms with Gasteiger partial charge in [0.15, 0.2) is 0 Å². The monoisotopic (exact) mass is 429 g/mol. The van der Waals surface area contributed by atoms with Crippen molar-refractivity contribution in [3.8, 4) is 0 Å². The Labute approximate surface area is 161 Å². The van der Waals surface area contributed by atoms with Crippen LogP contribution in [-0.2, 0) is 20.0 Å². The van der Waals surface area contributed by atoms with Crippen LogP contribution < -0.4 is 15.2 Å². The molecule has 27 heavy (non-hydrogen) atoms. The second-order valence-electron chi connectivity index (χ2n) is 6.06. The number of hydrogen-bond acceptors (Lipinski definition) is 5. The fraction of sp³-hybridized carbons (Fsp3) is 0.188. The average molecular weight is 430 g/mol. The third-order valence-corrected chi connectivity index (χ3v) is 6.75. The van der Waals surface area contributed by atoms with Crippen LogP contribution in [0.4, 0.5) is 5.69 Å². The van der Waals surface area contributed by atoms with Crippen molar-refractivity contribution in [3.63, 3.8) is 0 Å². The maximum absolute atomic E-state index is 12.4. The lowest BCUT2D eigenvalue weighted by molar-refractivity contribution is 0.102. The van der Waals surface area contributed by atoms with Gasteiger partial charge in [0.25, 0.3) is 5.91 Å². The van der Waals surface area contributed by atoms with Gasteiger partial charge in [0.2, 0.25) is 20.0 Å². The molecule has 1 fully saturated rings. The van der Waals surface area contributed by atoms with E-state index < -0.39 is 26.0 Å². The number of primary sulfonamides is 1. The topological polar surface area (TPSA) is 135 Å². The summed E-state index contributed by atoms with van der Waals surface area (Å²) in [4.78, 5) is 12.1. The molecule has 1 amide bonds. The average Bonchev–Trinajstić information content (AvgIpc) is 3.38. The Balaban J connectivity index is 1.82. The first-order chi connectivity index (χ1) is 12.6. The van der Waals surface area contributed by atoms with Gasteiger partial charge in [-0.1, -0.05) is 11.6 Å². The normalized spacial score (nSPS) is 14.7. The van der Waals surface area contributed by atoms with E-state index in [0.29, 0.717) is 5.69 Å². The number of carbonyl (C=O) groups excluding carboxylic acids is 1. The fourth-order valence-corrected chi connectivity index (χ4v) is 4.61. The summed E-state index contributed by atoms with van der Waals surface area (Å²) in [5.74, 6) is -0.571. The van der Waals surface area contributed by atoms with Gasteiger partial charge in [0.1, 0.15) is 4.90 Å². The quantitative estimate of drug-likeness (QED) is 0.641. The molecule has 0 aliphatic heterocycles. The van der Waals surface area contributed by atoms with Gasteiger partial charge in [0.05, 0.1) is 9.92 Å². The smallest absolute Gasteiger partial charge is 0.255 e. The van der Waals surface area contributed by atoms with E-state index >= 15 is 0 Å². The molecule has 0 radical (unpaired) electrons. The molecule has 4 N–H and O–H groups in total. The molecular formula is C16H16ClN3O5S2. The molecule has 0 aromatic heterocycles. The summed E-state index contributed by atoms with van der Waals surface area (Å²) in [6.45, 7) is 0. The molecule has 144 valence electrons. The molecule has 1 aliphatic carbocycles. The zero-order valence-electron chi connectivity index (χ0n) is 13.8. The maximum atomic E-state index is 12.4. The molecule has 0 spiro atoms. The molecule has 1 saturated carbocycles. The van der Waals surface area contributed by atoms with Crippen LogP contribution in [0.15, 0.2) is 52.3 Å². The minimum absolute atomic E-state index is 0.0113. The Hall–Kier alpha value is -1.98. The lowest BCUT2D eigenvalue weighted by Crippen LogP contribution is -2.26. The van der Waals surface area contributed by atoms with E-state index in [0.717, 1.165) is 12.8 Å². The number of amides is 1. The number of hydrogen-bond donors (Lipinski definition) is 3. The highest BCUT2D eigenvalue weighted by atomic mass is 35.5. The van der Waals surface area contributed by atoms with Gasteiger partial charge in [-0.05, 0) is 55.3 Å². The molecule has 11 heteroatoms. The minimum atomic E-state index is -3.83. The third kappa shape index (κ3) is 4.85. The molecule has 2 aromatic rings. The second kappa shape index (κ2) is 7.21. The second-order valence-corrected chi connectivity index (χ2v) is 9.72. The van der Waals surface area contributed by atoms with E-state index in [-0.39, 0.29) is 26.4 Å². The fourth-order valence-electron chi connectivity index (χ4n) is 2.27. The molecule has 0 atom stereocenters. The van der Waals surface area contributed by atoms with Crippen molar-refractivity contribution in [1.29, 1.82) is 0 Å². The molecule has 3 rings (SSSR count). The van der Waals surface area contributed by atoms with Gasteiger partial charge >= 0.3 is 0 Å². The highest BCUT2D eigenvalue weighted by molar-refractivity contribution is 7.89. The molecule has 0 bridgehead atoms. The van der Waals surface area contributed by atoms with Crippen molar-refractivity contribution in [1.82, 2.24) is 4.72 Å². The van der Waals surface area contributed by atoms with Gasteiger partial charge in [-0.2, -0.15) is 0 Å². The summed E-state index contributed by atoms with van der Waals surface area (Å²) in [5.41, 5.74) is 0.411. The number of sulfonamides is 2. The van der Waals surface area contributed by atoms with Crippen molar-refractivity contribution < 1.29 is 21.6 Å². The Morgan fingerprint density at radius 1 is 1.04 bits per heavy atom. The SMILES string of the molecule is NS(=O)(=O)c1ccc(NC(=O)c2ccc(Cl)c(S(=O)(=O)NC3CC3)c2)cc1. The molecule has 0 saturated heterocycles. The Morgan fingerprint density at radius 3 is 2.22 bits per heavy atom. The summed E-state index contributed by atoms with van der Waals surface area (Å²) in [5, 5.41) is 7.59. The molecule has 8 nitrogen and oxygen atoms in total. The van der Waals surface area contributed by atoms with Crippen LogP contribution >= 0.6 is 11.6 Å². The zero-order chi connectivity index (χ0) is 19.8. The van der Waals surface area contributed by atoms with Crippen LogP contribution in [-0.4, -0.2) is 28.8 Å². The number of nitrogens with one attached hydrogen (secondary N) is 2. The first kappa shape index (κ1) is 19.8. The van der Waals surface area contributed by atoms with Crippen molar-refractivity contribution in [3.05, 3.63) is 53.1 Å². The van der Waals surface area contributed by atoms with E-state index in [1.807, 2.05) is 0 Å². The van der Waals surface area contributed by atoms with Gasteiger partial charge in [-0.3, -0.25) is 4.79 Å². The van der Waals surface area contributed by atoms with E-state index in [2.05, 4.69) is 10.0 Å². The van der Waals surface area contributed by atoms with Crippen LogP contribution in [0.1, 0.15) is 23.2 Å². The zero-order valence-corrected chi connectivity index (χ0v) is 16.2. The Morgan fingerprint density at radius 2 is 1.67 bits per heavy atom. The lowest BCUT2D eigenvalue weighted by atomic mass is 10.2. The van der Waals surface area contributed by atoms with Crippen LogP contribution in [0.2, 0.25) is 5.02 Å². The number of benzene rings is 2. The van der Waals surface area contributed by atoms with E-state index in [9.17, 15) is 21.6 Å². The van der Waals surface area contributed by atoms with Gasteiger partial charge in [-0.15, -0.1) is 0 Å². The predicted molar refractivity (Wildman–Crippen MR) is 101 cm³/mol. The van der Waals surface area contributed by atoms with E-state index in [1.165, 1.54) is 42.5 Å². The first-order valence-electron chi connectivity index (χ1n) is 7.82. The molecule has 2 aromatic carbocycles. The van der Waals surface area contributed by atoms with Crippen molar-refractivity contribution in [2.24, 2.45) is 5.14 Å². The largest absolute Gasteiger partial charge is 0.322 e. The molecule has 0 heterocycles. The molecule has 1 aliphatic rings. The predicted octanol–water partition coefficient (Wildman–Crippen LogP) is 1.68. The van der Waals surface area contributed by atoms with E-state index in [4.69, 9.17) is 16.7 Å². The van der Waals surface area contributed by atoms with Crippen LogP contribution in [0.3, 0.4) is 0 Å². The molecular weight excluding hydrogens is 414 g/mol. The number of carbonyl (C=O) groups is 1. The van der Waals surface area contributed by atoms with Gasteiger partial charge in [-0.25, -0.2) is 26.7 Å². The van der Waals surface area contributed by atoms with Crippen molar-refractivity contribution in [2.45, 2.75) is 28.7 Å². The summed E-state index contributed by atoms with van der Waals surface area (Å²) in [6.07, 6.45) is 1.54. The summed E-state index contributed by atoms with van der Waals surface area (Å²) in [6, 6.07) is 9.08. The third-order valence-electron chi connectivity index (χ3n) is 3.82. The van der Waals surface area contributed by atoms with Crippen LogP contribution in [0, 0.1) is 0 Å². The lowest BCUT2D eigenvalue weighted by Gasteiger charge is -2.10. The number of nitrogens with two attached hydrogens (primary N) is 1. The highest BCUT2D eigenvalue weighted by Crippen LogP contribution is 2.27. The number of rotatable bonds is 6. The van der Waals surface area contributed by atoms with Crippen molar-refractivity contribution >= 4 is 43.2 Å². The Bertz CT molecular complexity index is 1100. The van der Waals surface area contributed by atoms with E-state index in [1.54, 1.807) is 0 Å². The standard InChI is InChI=1S/C16H16ClN3O5S2/c17-14-8-1-10(9-15(14)27(24,25)20-12-2-3-12)16(21)19-11-4-6-13(7-5-11)26(18,22)23/h1,4-9,12,20H,2-3H2,(H,19,21)(H2,18,22,23). The number of anilines is 1. The van der Waals surface area contributed by atoms with Crippen LogP contribution in [0.5, 0.6) is 0 Å². The van der Waals surface area contributed by atoms with Crippen molar-refractivity contribution in [2.75, 3.05) is 5.32 Å². The minimum Gasteiger partial charge on any atom is -0.322 e. The highest BCUT2D eigenvalue weighted by Gasteiger charge is 2.29.